The van der Waals surface area contributed by atoms with Crippen LogP contribution in [0.15, 0.2) is 146 Å². The van der Waals surface area contributed by atoms with E-state index in [1.54, 1.807) is 34.9 Å². The molecule has 8 aromatic rings. The summed E-state index contributed by atoms with van der Waals surface area (Å²) in [5.41, 5.74) is -3.19. The maximum absolute atomic E-state index is 14.3. The van der Waals surface area contributed by atoms with Gasteiger partial charge >= 0.3 is 23.6 Å². The van der Waals surface area contributed by atoms with E-state index in [2.05, 4.69) is 21.9 Å². The number of phenols is 4. The van der Waals surface area contributed by atoms with Crippen LogP contribution >= 0.6 is 11.6 Å². The maximum Gasteiger partial charge on any atom is 0.410 e. The van der Waals surface area contributed by atoms with Crippen LogP contribution in [0.5, 0.6) is 34.5 Å². The molecule has 0 unspecified atom stereocenters. The molecule has 7 N–H and O–H groups in total. The number of ether oxygens (including phenoxy) is 15. The number of rotatable bonds is 25. The Morgan fingerprint density at radius 1 is 0.455 bits per heavy atom. The van der Waals surface area contributed by atoms with E-state index in [0.29, 0.717) is 45.8 Å². The van der Waals surface area contributed by atoms with Crippen LogP contribution in [0.4, 0.5) is 19.2 Å². The molecule has 0 bridgehead atoms. The number of morpholine rings is 2. The molecular weight excluding hydrogens is 1900 g/mol. The number of aromatic hydroxyl groups is 4. The Morgan fingerprint density at radius 3 is 1.19 bits per heavy atom. The van der Waals surface area contributed by atoms with Crippen LogP contribution in [0.2, 0.25) is 0 Å². The Morgan fingerprint density at radius 2 is 0.821 bits per heavy atom. The number of hydrogen-bond donors (Lipinski definition) is 7. The number of nitrogens with zero attached hydrogens (tertiary/aromatic N) is 6. The summed E-state index contributed by atoms with van der Waals surface area (Å²) in [4.78, 5) is 142. The molecule has 772 valence electrons. The molecule has 4 aliphatic carbocycles. The van der Waals surface area contributed by atoms with Crippen LogP contribution in [0.1, 0.15) is 177 Å². The fourth-order valence-corrected chi connectivity index (χ4v) is 20.7. The molecule has 6 fully saturated rings. The average Bonchev–Trinajstić information content (AvgIpc) is 1.39. The van der Waals surface area contributed by atoms with Gasteiger partial charge in [-0.2, -0.15) is 0 Å². The van der Waals surface area contributed by atoms with Gasteiger partial charge in [0.2, 0.25) is 17.3 Å². The lowest BCUT2D eigenvalue weighted by Crippen LogP contribution is -2.55. The fraction of sp³-hybridized carbons (Fsp3) is 0.453. The highest BCUT2D eigenvalue weighted by Gasteiger charge is 2.59. The van der Waals surface area contributed by atoms with Gasteiger partial charge in [0.15, 0.2) is 61.6 Å². The van der Waals surface area contributed by atoms with E-state index in [0.717, 1.165) is 38.3 Å². The van der Waals surface area contributed by atoms with Crippen LogP contribution < -0.4 is 9.47 Å². The lowest BCUT2D eigenvalue weighted by Gasteiger charge is -2.43. The van der Waals surface area contributed by atoms with Gasteiger partial charge in [-0.25, -0.2) is 14.4 Å². The zero-order valence-electron chi connectivity index (χ0n) is 82.7. The number of aliphatic hydroxyl groups is 3. The van der Waals surface area contributed by atoms with Crippen molar-refractivity contribution in [3.63, 3.8) is 0 Å². The molecule has 38 nitrogen and oxygen atoms in total. The van der Waals surface area contributed by atoms with E-state index in [1.807, 2.05) is 118 Å². The predicted molar refractivity (Wildman–Crippen MR) is 516 cm³/mol. The number of carbonyl (C=O) groups is 10. The smallest absolute Gasteiger partial charge is 0.410 e. The molecule has 6 aliphatic heterocycles. The van der Waals surface area contributed by atoms with Gasteiger partial charge in [-0.1, -0.05) is 133 Å². The number of phenolic OH excluding ortho intramolecular Hbond substituents is 4. The largest absolute Gasteiger partial charge is 0.507 e. The SMILES string of the molecule is CN(CCN(C)C(=O)OC(C)(C)c1ccc(-c2ccccc2)cc1)C(=O)Cl.COc1cccc2c1C(=O)c1c(O)c3c(c(O)c1C2=O)C[C@@](O)(C(=O)CO)C[C@@H]3O[C@H]1C[C@H]2[C@H](O[C@@H]3[C@@H](OC)OCCN32)[C@H](C)O1.COc1cccc2c1C(=O)c1c(O)c3c(c(O)c1C2=O)C[C@@](O)(C(=O)COC(=O)N(C)CCN(C)C(=O)OC(C)(C)c1ccc(-c2ccccc2)cc1)C[C@@H]3O[C@H]1C[C@H]2[C@H](O[C@@H]3[C@@H](OC)OCCN32)[C@H](C)O1. The molecule has 8 aromatic carbocycles. The van der Waals surface area contributed by atoms with Crippen LogP contribution in [0.3, 0.4) is 0 Å². The van der Waals surface area contributed by atoms with Gasteiger partial charge in [-0.15, -0.1) is 0 Å². The highest BCUT2D eigenvalue weighted by molar-refractivity contribution is 6.62. The van der Waals surface area contributed by atoms with Crippen molar-refractivity contribution >= 4 is 69.9 Å². The van der Waals surface area contributed by atoms with Gasteiger partial charge in [-0.3, -0.25) is 43.4 Å². The van der Waals surface area contributed by atoms with E-state index in [-0.39, 0.29) is 93.7 Å². The molecule has 145 heavy (non-hydrogen) atoms. The zero-order valence-corrected chi connectivity index (χ0v) is 83.4. The number of carbonyl (C=O) groups excluding carboxylic acids is 10. The van der Waals surface area contributed by atoms with E-state index in [9.17, 15) is 83.7 Å². The number of likely N-dealkylation sites (N-methyl/N-ethyl adjacent to an activating group) is 4. The first-order valence-electron chi connectivity index (χ1n) is 47.7. The van der Waals surface area contributed by atoms with Crippen molar-refractivity contribution in [1.82, 2.24) is 29.4 Å². The number of aliphatic hydroxyl groups excluding tert-OH is 1. The first-order chi connectivity index (χ1) is 69.1. The highest BCUT2D eigenvalue weighted by atomic mass is 35.5. The lowest BCUT2D eigenvalue weighted by molar-refractivity contribution is -0.256. The summed E-state index contributed by atoms with van der Waals surface area (Å²) in [5, 5.41) is 80.5. The summed E-state index contributed by atoms with van der Waals surface area (Å²) < 4.78 is 88.3. The summed E-state index contributed by atoms with van der Waals surface area (Å²) in [5.74, 6) is -7.54. The first kappa shape index (κ1) is 105. The van der Waals surface area contributed by atoms with E-state index < -0.39 is 233 Å². The number of fused-ring (bicyclic) bond motifs is 12. The molecule has 0 saturated carbocycles. The van der Waals surface area contributed by atoms with Crippen molar-refractivity contribution in [3.8, 4) is 56.8 Å². The number of halogens is 1. The van der Waals surface area contributed by atoms with Crippen LogP contribution in [-0.4, -0.2) is 331 Å². The summed E-state index contributed by atoms with van der Waals surface area (Å²) in [7, 11) is 11.9. The van der Waals surface area contributed by atoms with Crippen molar-refractivity contribution < 1.29 is 155 Å². The monoisotopic (exact) mass is 2020 g/mol. The van der Waals surface area contributed by atoms with Crippen LogP contribution in [0.25, 0.3) is 22.3 Å². The third-order valence-electron chi connectivity index (χ3n) is 28.7. The number of ketones is 6. The fourth-order valence-electron chi connectivity index (χ4n) is 20.7. The summed E-state index contributed by atoms with van der Waals surface area (Å²) in [6.07, 6.45) is -12.4. The van der Waals surface area contributed by atoms with Gasteiger partial charge in [0.1, 0.15) is 75.7 Å². The Labute approximate surface area is 841 Å². The Hall–Kier alpha value is -12.5. The lowest BCUT2D eigenvalue weighted by atomic mass is 9.72. The van der Waals surface area contributed by atoms with Gasteiger partial charge in [-0.05, 0) is 98.7 Å². The minimum absolute atomic E-state index is 0.0254. The molecule has 10 aliphatic rings. The second-order valence-corrected chi connectivity index (χ2v) is 38.9. The normalized spacial score (nSPS) is 25.3. The van der Waals surface area contributed by atoms with Crippen LogP contribution in [0, 0.1) is 0 Å². The minimum atomic E-state index is -2.42. The maximum atomic E-state index is 14.3. The van der Waals surface area contributed by atoms with Gasteiger partial charge < -0.3 is 126 Å². The average molecular weight is 2020 g/mol. The van der Waals surface area contributed by atoms with Crippen molar-refractivity contribution in [2.45, 2.75) is 189 Å². The Balaban J connectivity index is 0.000000175. The predicted octanol–water partition coefficient (Wildman–Crippen LogP) is 11.1. The quantitative estimate of drug-likeness (QED) is 0.0121. The molecule has 6 heterocycles. The number of methoxy groups -OCH3 is 4. The summed E-state index contributed by atoms with van der Waals surface area (Å²) in [6.45, 7) is 11.5. The van der Waals surface area contributed by atoms with Crippen molar-refractivity contribution in [3.05, 3.63) is 223 Å². The molecule has 18 rings (SSSR count). The summed E-state index contributed by atoms with van der Waals surface area (Å²) >= 11 is 5.39. The number of Topliss-reactive ketones (excluding diaryl/α,β-unsaturated/α-hetero) is 2. The molecule has 0 radical (unpaired) electrons. The van der Waals surface area contributed by atoms with Gasteiger partial charge in [0.05, 0.1) is 85.2 Å². The second-order valence-electron chi connectivity index (χ2n) is 38.5. The Bertz CT molecular complexity index is 6270. The number of hydrogen-bond acceptors (Lipinski definition) is 34. The van der Waals surface area contributed by atoms with Gasteiger partial charge in [0.25, 0.3) is 0 Å². The highest BCUT2D eigenvalue weighted by Crippen LogP contribution is 2.57. The first-order valence-corrected chi connectivity index (χ1v) is 48.0. The minimum Gasteiger partial charge on any atom is -0.507 e. The van der Waals surface area contributed by atoms with Gasteiger partial charge in [0, 0.05) is 166 Å². The molecule has 16 atom stereocenters. The van der Waals surface area contributed by atoms with Crippen molar-refractivity contribution in [2.24, 2.45) is 0 Å². The molecule has 0 spiro atoms. The zero-order chi connectivity index (χ0) is 104. The molecule has 6 saturated heterocycles. The summed E-state index contributed by atoms with van der Waals surface area (Å²) in [6, 6.07) is 44.1. The van der Waals surface area contributed by atoms with E-state index in [4.69, 9.17) is 82.7 Å². The number of benzene rings is 8. The van der Waals surface area contributed by atoms with Crippen LogP contribution in [-0.2, 0) is 95.2 Å². The Kier molecular flexibility index (Phi) is 31.2. The van der Waals surface area contributed by atoms with E-state index >= 15 is 0 Å². The third-order valence-corrected chi connectivity index (χ3v) is 29.0. The third kappa shape index (κ3) is 20.7. The molecular formula is C106H119ClN6O32. The molecule has 39 heteroatoms. The topological polar surface area (TPSA) is 470 Å². The van der Waals surface area contributed by atoms with E-state index in [1.165, 1.54) is 93.6 Å². The van der Waals surface area contributed by atoms with Crippen molar-refractivity contribution in [2.75, 3.05) is 122 Å². The molecule has 0 aromatic heterocycles. The number of amides is 4. The standard InChI is InChI=1S/C53H59N3O16.C32H35NO13.C21H25ClN2O3/c1-28-47-34(56-22-23-67-49(66-7)48(56)71-47)24-38(69-28)70-36-26-53(64,25-33-40(36)46(61)42-41(44(33)59)43(58)32-14-11-15-35(65-6)39(32)45(42)60)37(57)27-68-50(62)54(4)20-21-55(5)51(63)72-52(2,3)31-18-16-30(17-19-31)29-12-9-8-10-13-29;1-13-29-16(33-7-8-43-31(42-3)30(33)46-29)9-20(44-13)45-18-11-32(40,19(35)12-34)10-15-22(18)28(39)24-23(26(15)37)25(36)14-5-4-6-17(41-2)21(14)27(24)38;1-21(2,27-20(26)24(4)15-14-23(3)19(22)25)18-12-10-17(11-13-18)16-8-6-5-7-9-16/h8-19,28,34,36,38,47-49,59,61,64H,20-27H2,1-7H3;4-6,13,16,18,20,29-31,34,37,39-40H,7-12H2,1-3H3;5-13H,14-15H2,1-4H3/t28-,34-,36-,38-,47+,48+,49-,53-;13-,16-,18-,20-,29+,30+,31-,32-;/m00./s1. The molecule has 4 amide bonds. The second kappa shape index (κ2) is 42.9. The van der Waals surface area contributed by atoms with Crippen molar-refractivity contribution in [1.29, 1.82) is 0 Å².